The predicted molar refractivity (Wildman–Crippen MR) is 237 cm³/mol. The molecule has 0 radical (unpaired) electrons. The van der Waals surface area contributed by atoms with Gasteiger partial charge in [0.2, 0.25) is 0 Å². The van der Waals surface area contributed by atoms with E-state index in [-0.39, 0.29) is 39.6 Å². The van der Waals surface area contributed by atoms with Gasteiger partial charge in [-0.05, 0) is 28.5 Å². The Morgan fingerprint density at radius 1 is 0.591 bits per heavy atom. The second-order valence-electron chi connectivity index (χ2n) is 15.8. The lowest BCUT2D eigenvalue weighted by molar-refractivity contribution is -0.381. The summed E-state index contributed by atoms with van der Waals surface area (Å²) < 4.78 is 134. The van der Waals surface area contributed by atoms with Crippen LogP contribution in [0.25, 0.3) is 0 Å². The first-order chi connectivity index (χ1) is 32.1. The van der Waals surface area contributed by atoms with Crippen LogP contribution in [0.1, 0.15) is 34.1 Å². The first kappa shape index (κ1) is 48.3. The zero-order chi connectivity index (χ0) is 45.9. The Morgan fingerprint density at radius 2 is 1.08 bits per heavy atom. The minimum absolute atomic E-state index is 0.0687. The third-order valence-corrected chi connectivity index (χ3v) is 13.1. The molecular formula is C49H51F3O12S2. The van der Waals surface area contributed by atoms with Crippen molar-refractivity contribution in [3.8, 4) is 0 Å². The molecule has 12 nitrogen and oxygen atoms in total. The van der Waals surface area contributed by atoms with Crippen molar-refractivity contribution < 1.29 is 68.4 Å². The minimum Gasteiger partial charge on any atom is -0.374 e. The summed E-state index contributed by atoms with van der Waals surface area (Å²) in [5.41, 5.74) is -2.67. The summed E-state index contributed by atoms with van der Waals surface area (Å²) in [5.74, 6) is 0. The van der Waals surface area contributed by atoms with Crippen LogP contribution in [0.4, 0.5) is 13.2 Å². The molecule has 0 saturated carbocycles. The molecule has 3 saturated heterocycles. The Kier molecular flexibility index (Phi) is 16.6. The van der Waals surface area contributed by atoms with E-state index >= 15 is 0 Å². The molecule has 0 unspecified atom stereocenters. The normalized spacial score (nSPS) is 28.1. The summed E-state index contributed by atoms with van der Waals surface area (Å²) in [6, 6.07) is 46.1. The lowest BCUT2D eigenvalue weighted by Crippen LogP contribution is -2.67. The van der Waals surface area contributed by atoms with Crippen LogP contribution < -0.4 is 0 Å². The summed E-state index contributed by atoms with van der Waals surface area (Å²) in [6.07, 6.45) is -11.0. The van der Waals surface area contributed by atoms with Gasteiger partial charge in [-0.25, -0.2) is 0 Å². The highest BCUT2D eigenvalue weighted by Gasteiger charge is 2.59. The highest BCUT2D eigenvalue weighted by atomic mass is 32.2. The average Bonchev–Trinajstić information content (AvgIpc) is 3.34. The summed E-state index contributed by atoms with van der Waals surface area (Å²) in [4.78, 5) is 0. The molecule has 3 fully saturated rings. The van der Waals surface area contributed by atoms with E-state index in [1.807, 2.05) is 103 Å². The van der Waals surface area contributed by atoms with Crippen molar-refractivity contribution in [1.29, 1.82) is 0 Å². The predicted octanol–water partition coefficient (Wildman–Crippen LogP) is 8.51. The van der Waals surface area contributed by atoms with Gasteiger partial charge in [-0.15, -0.1) is 11.8 Å². The first-order valence-electron chi connectivity index (χ1n) is 21.5. The lowest BCUT2D eigenvalue weighted by atomic mass is 9.96. The van der Waals surface area contributed by atoms with E-state index in [1.54, 1.807) is 54.6 Å². The van der Waals surface area contributed by atoms with Crippen molar-refractivity contribution in [3.63, 3.8) is 0 Å². The molecule has 0 aromatic heterocycles. The number of benzene rings is 5. The zero-order valence-corrected chi connectivity index (χ0v) is 37.5. The molecule has 3 heterocycles. The van der Waals surface area contributed by atoms with Crippen molar-refractivity contribution in [3.05, 3.63) is 179 Å². The maximum absolute atomic E-state index is 14.4. The van der Waals surface area contributed by atoms with Gasteiger partial charge in [0, 0.05) is 5.56 Å². The van der Waals surface area contributed by atoms with Crippen LogP contribution >= 0.6 is 11.8 Å². The quantitative estimate of drug-likeness (QED) is 0.0581. The lowest BCUT2D eigenvalue weighted by Gasteiger charge is -2.51. The van der Waals surface area contributed by atoms with Crippen LogP contribution in [0, 0.1) is 0 Å². The number of ether oxygens (including phenoxy) is 9. The summed E-state index contributed by atoms with van der Waals surface area (Å²) in [6.45, 7) is 0.0158. The van der Waals surface area contributed by atoms with Crippen molar-refractivity contribution in [2.75, 3.05) is 19.5 Å². The van der Waals surface area contributed by atoms with Gasteiger partial charge in [0.15, 0.2) is 18.7 Å². The molecule has 8 rings (SSSR count). The fourth-order valence-corrected chi connectivity index (χ4v) is 9.34. The van der Waals surface area contributed by atoms with Gasteiger partial charge in [0.1, 0.15) is 48.2 Å². The van der Waals surface area contributed by atoms with Crippen molar-refractivity contribution in [1.82, 2.24) is 0 Å². The van der Waals surface area contributed by atoms with Gasteiger partial charge >= 0.3 is 15.6 Å². The van der Waals surface area contributed by atoms with E-state index in [1.165, 1.54) is 11.8 Å². The van der Waals surface area contributed by atoms with Gasteiger partial charge in [0.05, 0.1) is 39.6 Å². The fraction of sp³-hybridized carbons (Fsp3) is 0.388. The third-order valence-electron chi connectivity index (χ3n) is 11.2. The first-order valence-corrected chi connectivity index (χ1v) is 24.1. The number of thioether (sulfide) groups is 1. The number of hydrogen-bond acceptors (Lipinski definition) is 13. The molecule has 0 spiro atoms. The number of alkyl halides is 3. The molecule has 17 heteroatoms. The highest BCUT2D eigenvalue weighted by molar-refractivity contribution is 7.99. The van der Waals surface area contributed by atoms with Crippen LogP contribution in [0.5, 0.6) is 0 Å². The molecule has 0 aliphatic carbocycles. The number of rotatable bonds is 19. The second kappa shape index (κ2) is 22.7. The smallest absolute Gasteiger partial charge is 0.374 e. The van der Waals surface area contributed by atoms with E-state index in [9.17, 15) is 21.6 Å². The summed E-state index contributed by atoms with van der Waals surface area (Å²) >= 11 is 1.37. The molecule has 352 valence electrons. The van der Waals surface area contributed by atoms with Crippen molar-refractivity contribution in [2.45, 2.75) is 98.8 Å². The molecule has 5 aromatic rings. The maximum Gasteiger partial charge on any atom is 0.523 e. The maximum atomic E-state index is 14.4. The monoisotopic (exact) mass is 952 g/mol. The van der Waals surface area contributed by atoms with Gasteiger partial charge in [0.25, 0.3) is 0 Å². The van der Waals surface area contributed by atoms with Gasteiger partial charge in [-0.3, -0.25) is 4.18 Å². The number of halogens is 3. The molecule has 0 amide bonds. The standard InChI is InChI=1S/C49H51F3O12S2/c1-65-48-45(58-30-36-23-13-5-14-24-36)43(57-29-35-21-11-4-12-22-35)40(38(61-48)31-55-27-33-17-7-2-8-18-33)63-47-44(64-66(53,54)49(50,51)52)42(56-28-34-19-9-3-10-20-34)41-39(60-47)32-59-46(62-41)37-25-15-6-16-26-37/h2-26,38-48H,27-32H2,1H3/t38-,39-,40-,41-,42+,43+,44-,45-,46-,47+,48+/m1/s1. The average molecular weight is 953 g/mol. The van der Waals surface area contributed by atoms with E-state index in [2.05, 4.69) is 0 Å². The molecule has 0 N–H and O–H groups in total. The Bertz CT molecular complexity index is 2320. The van der Waals surface area contributed by atoms with E-state index in [0.717, 1.165) is 16.7 Å². The summed E-state index contributed by atoms with van der Waals surface area (Å²) in [7, 11) is -6.31. The highest BCUT2D eigenvalue weighted by Crippen LogP contribution is 2.42. The van der Waals surface area contributed by atoms with E-state index < -0.39 is 82.5 Å². The molecule has 3 aliphatic rings. The Hall–Kier alpha value is -4.21. The summed E-state index contributed by atoms with van der Waals surface area (Å²) in [5, 5.41) is 0. The Balaban J connectivity index is 1.18. The van der Waals surface area contributed by atoms with Crippen molar-refractivity contribution >= 4 is 21.9 Å². The largest absolute Gasteiger partial charge is 0.523 e. The molecule has 3 aliphatic heterocycles. The molecular weight excluding hydrogens is 902 g/mol. The molecule has 0 bridgehead atoms. The zero-order valence-electron chi connectivity index (χ0n) is 35.9. The van der Waals surface area contributed by atoms with Crippen LogP contribution in [-0.2, 0) is 83.4 Å². The van der Waals surface area contributed by atoms with Crippen LogP contribution in [-0.4, -0.2) is 94.0 Å². The van der Waals surface area contributed by atoms with E-state index in [4.69, 9.17) is 46.8 Å². The number of hydrogen-bond donors (Lipinski definition) is 0. The van der Waals surface area contributed by atoms with Gasteiger partial charge in [-0.2, -0.15) is 21.6 Å². The Morgan fingerprint density at radius 3 is 1.59 bits per heavy atom. The third kappa shape index (κ3) is 12.3. The van der Waals surface area contributed by atoms with Crippen LogP contribution in [0.2, 0.25) is 0 Å². The molecule has 66 heavy (non-hydrogen) atoms. The van der Waals surface area contributed by atoms with Gasteiger partial charge in [-0.1, -0.05) is 152 Å². The van der Waals surface area contributed by atoms with E-state index in [0.29, 0.717) is 11.1 Å². The fourth-order valence-electron chi connectivity index (χ4n) is 7.98. The topological polar surface area (TPSA) is 126 Å². The number of fused-ring (bicyclic) bond motifs is 1. The van der Waals surface area contributed by atoms with Crippen molar-refractivity contribution in [2.24, 2.45) is 0 Å². The Labute approximate surface area is 386 Å². The SMILES string of the molecule is CS[C@@H]1O[C@H](COCc2ccccc2)[C@@H](O[C@@H]2O[C@@H]3CO[C@@H](c4ccccc4)O[C@H]3[C@H](OCc3ccccc3)[C@H]2OS(=O)(=O)C(F)(F)F)[C@H](OCc2ccccc2)[C@H]1OCc1ccccc1. The second-order valence-corrected chi connectivity index (χ2v) is 18.3. The molecule has 11 atom stereocenters. The molecule has 5 aromatic carbocycles. The van der Waals surface area contributed by atoms with Gasteiger partial charge < -0.3 is 42.6 Å². The minimum atomic E-state index is -6.31. The van der Waals surface area contributed by atoms with Crippen LogP contribution in [0.3, 0.4) is 0 Å². The van der Waals surface area contributed by atoms with Crippen LogP contribution in [0.15, 0.2) is 152 Å².